The molecule has 0 aliphatic carbocycles. The van der Waals surface area contributed by atoms with Crippen molar-refractivity contribution in [2.45, 2.75) is 17.4 Å². The largest absolute Gasteiger partial charge is 0.507 e. The molecule has 2 aromatic carbocycles. The number of amides is 1. The van der Waals surface area contributed by atoms with Crippen LogP contribution >= 0.6 is 0 Å². The van der Waals surface area contributed by atoms with Gasteiger partial charge in [0, 0.05) is 18.6 Å². The van der Waals surface area contributed by atoms with Crippen LogP contribution in [0.5, 0.6) is 5.75 Å². The number of aliphatic hydroxyl groups is 1. The van der Waals surface area contributed by atoms with Crippen molar-refractivity contribution < 1.29 is 37.4 Å². The molecular weight excluding hydrogens is 441 g/mol. The molecule has 10 heteroatoms. The number of hydroxylamine groups is 1. The van der Waals surface area contributed by atoms with E-state index < -0.39 is 40.2 Å². The van der Waals surface area contributed by atoms with Gasteiger partial charge < -0.3 is 10.2 Å². The fourth-order valence-electron chi connectivity index (χ4n) is 2.94. The molecule has 0 saturated carbocycles. The van der Waals surface area contributed by atoms with E-state index in [1.54, 1.807) is 0 Å². The van der Waals surface area contributed by atoms with Gasteiger partial charge in [0.25, 0.3) is 5.91 Å². The van der Waals surface area contributed by atoms with Crippen molar-refractivity contribution in [1.82, 2.24) is 5.48 Å². The fraction of sp³-hybridized carbons (Fsp3) is 0.273. The molecule has 0 heterocycles. The highest BCUT2D eigenvalue weighted by Crippen LogP contribution is 2.27. The van der Waals surface area contributed by atoms with E-state index in [0.717, 1.165) is 6.26 Å². The van der Waals surface area contributed by atoms with Crippen molar-refractivity contribution in [1.29, 1.82) is 0 Å². The summed E-state index contributed by atoms with van der Waals surface area (Å²) in [5, 5.41) is 20.4. The molecule has 0 radical (unpaired) electrons. The second-order valence-electron chi connectivity index (χ2n) is 7.12. The van der Waals surface area contributed by atoms with Crippen LogP contribution in [0.1, 0.15) is 34.0 Å². The average Bonchev–Trinajstić information content (AvgIpc) is 2.75. The molecule has 2 atom stereocenters. The van der Waals surface area contributed by atoms with Gasteiger partial charge in [-0.3, -0.25) is 18.8 Å². The van der Waals surface area contributed by atoms with Gasteiger partial charge in [-0.25, -0.2) is 13.9 Å². The van der Waals surface area contributed by atoms with E-state index in [2.05, 4.69) is 10.3 Å². The zero-order valence-electron chi connectivity index (χ0n) is 17.5. The van der Waals surface area contributed by atoms with Crippen molar-refractivity contribution in [2.75, 3.05) is 20.0 Å². The number of carbonyl (C=O) groups is 2. The summed E-state index contributed by atoms with van der Waals surface area (Å²) in [4.78, 5) is 28.5. The first-order valence-corrected chi connectivity index (χ1v) is 11.4. The van der Waals surface area contributed by atoms with Gasteiger partial charge in [0.15, 0.2) is 15.6 Å². The monoisotopic (exact) mass is 465 g/mol. The van der Waals surface area contributed by atoms with Gasteiger partial charge in [-0.05, 0) is 41.5 Å². The van der Waals surface area contributed by atoms with Gasteiger partial charge in [0.1, 0.15) is 5.75 Å². The zero-order chi connectivity index (χ0) is 23.9. The molecule has 2 rings (SSSR count). The number of hydrogen-bond donors (Lipinski definition) is 3. The van der Waals surface area contributed by atoms with Gasteiger partial charge in [-0.2, -0.15) is 0 Å². The molecule has 0 aliphatic heterocycles. The predicted molar refractivity (Wildman–Crippen MR) is 115 cm³/mol. The minimum absolute atomic E-state index is 0.0159. The number of hydrogen-bond acceptors (Lipinski definition) is 7. The highest BCUT2D eigenvalue weighted by Gasteiger charge is 2.23. The number of ketones is 1. The topological polar surface area (TPSA) is 130 Å². The van der Waals surface area contributed by atoms with E-state index >= 15 is 0 Å². The van der Waals surface area contributed by atoms with Crippen LogP contribution in [-0.4, -0.2) is 50.4 Å². The number of phenolic OH excluding ortho intramolecular Hbond substituents is 1. The predicted octanol–water partition coefficient (Wildman–Crippen LogP) is 2.38. The third-order valence-electron chi connectivity index (χ3n) is 4.68. The van der Waals surface area contributed by atoms with Crippen molar-refractivity contribution in [3.05, 3.63) is 65.2 Å². The first kappa shape index (κ1) is 25.2. The summed E-state index contributed by atoms with van der Waals surface area (Å²) in [6.45, 7) is -0.960. The summed E-state index contributed by atoms with van der Waals surface area (Å²) < 4.78 is 36.6. The second-order valence-corrected chi connectivity index (χ2v) is 9.13. The Balaban J connectivity index is 2.06. The summed E-state index contributed by atoms with van der Waals surface area (Å²) in [6, 6.07) is 9.52. The highest BCUT2D eigenvalue weighted by atomic mass is 32.2. The Hall–Kier alpha value is -3.08. The SMILES string of the molecule is CONC(=O)c1ccc(/C=C/C(=O)C[C@H](CF)[C@H](O)c2ccc(S(C)(=O)=O)cc2)cc1O. The lowest BCUT2D eigenvalue weighted by molar-refractivity contribution is -0.116. The lowest BCUT2D eigenvalue weighted by atomic mass is 9.92. The van der Waals surface area contributed by atoms with E-state index in [0.29, 0.717) is 11.1 Å². The quantitative estimate of drug-likeness (QED) is 0.363. The number of carbonyl (C=O) groups excluding carboxylic acids is 2. The minimum Gasteiger partial charge on any atom is -0.507 e. The van der Waals surface area contributed by atoms with Gasteiger partial charge in [0.2, 0.25) is 0 Å². The first-order chi connectivity index (χ1) is 15.1. The molecule has 2 aromatic rings. The summed E-state index contributed by atoms with van der Waals surface area (Å²) in [7, 11) is -2.15. The molecule has 0 fully saturated rings. The van der Waals surface area contributed by atoms with Crippen LogP contribution in [-0.2, 0) is 19.5 Å². The molecule has 0 spiro atoms. The number of aliphatic hydroxyl groups excluding tert-OH is 1. The summed E-state index contributed by atoms with van der Waals surface area (Å²) >= 11 is 0. The number of halogens is 1. The minimum atomic E-state index is -3.40. The number of alkyl halides is 1. The van der Waals surface area contributed by atoms with Crippen LogP contribution in [0.25, 0.3) is 6.08 Å². The van der Waals surface area contributed by atoms with Crippen LogP contribution in [0.15, 0.2) is 53.4 Å². The molecular formula is C22H24FNO7S. The Bertz CT molecular complexity index is 1100. The Morgan fingerprint density at radius 2 is 1.84 bits per heavy atom. The van der Waals surface area contributed by atoms with E-state index in [1.807, 2.05) is 0 Å². The molecule has 172 valence electrons. The normalized spacial score (nSPS) is 13.6. The molecule has 0 unspecified atom stereocenters. The number of rotatable bonds is 10. The number of nitrogens with one attached hydrogen (secondary N) is 1. The third kappa shape index (κ3) is 6.71. The van der Waals surface area contributed by atoms with Crippen LogP contribution in [0.2, 0.25) is 0 Å². The highest BCUT2D eigenvalue weighted by molar-refractivity contribution is 7.90. The maximum absolute atomic E-state index is 13.5. The van der Waals surface area contributed by atoms with Crippen molar-refractivity contribution in [2.24, 2.45) is 5.92 Å². The second kappa shape index (κ2) is 11.0. The van der Waals surface area contributed by atoms with Gasteiger partial charge in [0.05, 0.1) is 30.3 Å². The van der Waals surface area contributed by atoms with E-state index in [9.17, 15) is 32.6 Å². The van der Waals surface area contributed by atoms with Gasteiger partial charge in [-0.15, -0.1) is 0 Å². The zero-order valence-corrected chi connectivity index (χ0v) is 18.3. The smallest absolute Gasteiger partial charge is 0.278 e. The molecule has 0 aliphatic rings. The molecule has 1 amide bonds. The van der Waals surface area contributed by atoms with Crippen LogP contribution in [0.4, 0.5) is 4.39 Å². The Labute approximate surface area is 185 Å². The van der Waals surface area contributed by atoms with Crippen molar-refractivity contribution in [3.63, 3.8) is 0 Å². The molecule has 0 bridgehead atoms. The number of sulfone groups is 1. The lowest BCUT2D eigenvalue weighted by Gasteiger charge is -2.19. The Morgan fingerprint density at radius 3 is 2.38 bits per heavy atom. The van der Waals surface area contributed by atoms with Crippen LogP contribution in [0.3, 0.4) is 0 Å². The van der Waals surface area contributed by atoms with E-state index in [4.69, 9.17) is 0 Å². The summed E-state index contributed by atoms with van der Waals surface area (Å²) in [6.07, 6.45) is 2.04. The Kier molecular flexibility index (Phi) is 8.64. The Morgan fingerprint density at radius 1 is 1.19 bits per heavy atom. The summed E-state index contributed by atoms with van der Waals surface area (Å²) in [5.74, 6) is -2.44. The third-order valence-corrected chi connectivity index (χ3v) is 5.81. The van der Waals surface area contributed by atoms with Crippen LogP contribution in [0, 0.1) is 5.92 Å². The van der Waals surface area contributed by atoms with Crippen molar-refractivity contribution in [3.8, 4) is 5.75 Å². The molecule has 3 N–H and O–H groups in total. The van der Waals surface area contributed by atoms with E-state index in [-0.39, 0.29) is 22.6 Å². The standard InChI is InChI=1S/C22H24FNO7S/c1-31-24-22(28)19-10-4-14(11-20(19)26)3-7-17(25)12-16(13-23)21(27)15-5-8-18(9-6-15)32(2,29)30/h3-11,16,21,26-27H,12-13H2,1-2H3,(H,24,28)/b7-3+/t16-,21-/m1/s1. The molecule has 32 heavy (non-hydrogen) atoms. The molecule has 8 nitrogen and oxygen atoms in total. The molecule has 0 aromatic heterocycles. The summed E-state index contributed by atoms with van der Waals surface area (Å²) in [5.41, 5.74) is 2.79. The maximum atomic E-state index is 13.5. The van der Waals surface area contributed by atoms with Gasteiger partial charge in [-0.1, -0.05) is 24.3 Å². The van der Waals surface area contributed by atoms with E-state index in [1.165, 1.54) is 61.7 Å². The van der Waals surface area contributed by atoms with Gasteiger partial charge >= 0.3 is 0 Å². The lowest BCUT2D eigenvalue weighted by Crippen LogP contribution is -2.21. The number of phenols is 1. The maximum Gasteiger partial charge on any atom is 0.278 e. The van der Waals surface area contributed by atoms with Crippen LogP contribution < -0.4 is 5.48 Å². The number of allylic oxidation sites excluding steroid dienone is 1. The number of aromatic hydroxyl groups is 1. The fourth-order valence-corrected chi connectivity index (χ4v) is 3.57. The molecule has 0 saturated heterocycles. The van der Waals surface area contributed by atoms with Crippen molar-refractivity contribution >= 4 is 27.6 Å². The number of benzene rings is 2. The first-order valence-electron chi connectivity index (χ1n) is 9.48. The average molecular weight is 465 g/mol.